The van der Waals surface area contributed by atoms with Crippen molar-refractivity contribution in [3.8, 4) is 5.75 Å². The van der Waals surface area contributed by atoms with Crippen LogP contribution in [0.1, 0.15) is 25.8 Å². The third-order valence-corrected chi connectivity index (χ3v) is 8.15. The molecule has 0 aliphatic rings. The first-order valence-corrected chi connectivity index (χ1v) is 14.3. The van der Waals surface area contributed by atoms with Crippen LogP contribution in [0.4, 0.5) is 19.3 Å². The zero-order chi connectivity index (χ0) is 28.6. The molecule has 7 nitrogen and oxygen atoms in total. The Balaban J connectivity index is 1.84. The largest absolute Gasteiger partial charge is 0.493 e. The molecule has 2 amide bonds. The first kappa shape index (κ1) is 30.2. The Hall–Kier alpha value is -3.37. The number of hydrogen-bond acceptors (Lipinski definition) is 4. The predicted octanol–water partition coefficient (Wildman–Crippen LogP) is 6.18. The lowest BCUT2D eigenvalue weighted by molar-refractivity contribution is 0.164. The van der Waals surface area contributed by atoms with E-state index in [0.29, 0.717) is 42.4 Å². The molecule has 0 radical (unpaired) electrons. The molecule has 0 saturated carbocycles. The van der Waals surface area contributed by atoms with Crippen LogP contribution in [0.3, 0.4) is 0 Å². The zero-order valence-electron chi connectivity index (χ0n) is 22.1. The Kier molecular flexibility index (Phi) is 10.5. The molecule has 0 bridgehead atoms. The number of carbonyl (C=O) groups excluding carboxylic acids is 1. The van der Waals surface area contributed by atoms with Crippen molar-refractivity contribution in [3.63, 3.8) is 0 Å². The van der Waals surface area contributed by atoms with Gasteiger partial charge in [-0.2, -0.15) is 0 Å². The molecule has 0 spiro atoms. The van der Waals surface area contributed by atoms with Crippen LogP contribution in [0, 0.1) is 11.6 Å². The van der Waals surface area contributed by atoms with E-state index in [1.165, 1.54) is 24.3 Å². The van der Waals surface area contributed by atoms with Crippen LogP contribution in [0.5, 0.6) is 5.75 Å². The van der Waals surface area contributed by atoms with Crippen molar-refractivity contribution in [3.05, 3.63) is 89.0 Å². The summed E-state index contributed by atoms with van der Waals surface area (Å²) in [4.78, 5) is 15.7. The maximum absolute atomic E-state index is 14.9. The second-order valence-corrected chi connectivity index (χ2v) is 11.0. The molecule has 0 unspecified atom stereocenters. The summed E-state index contributed by atoms with van der Waals surface area (Å²) in [6, 6.07) is 14.8. The Morgan fingerprint density at radius 1 is 0.974 bits per heavy atom. The Morgan fingerprint density at radius 2 is 1.64 bits per heavy atom. The van der Waals surface area contributed by atoms with Gasteiger partial charge in [-0.25, -0.2) is 22.0 Å². The smallest absolute Gasteiger partial charge is 0.319 e. The number of halogens is 3. The van der Waals surface area contributed by atoms with Gasteiger partial charge in [0.05, 0.1) is 23.7 Å². The molecule has 3 aromatic carbocycles. The highest BCUT2D eigenvalue weighted by molar-refractivity contribution is 7.92. The highest BCUT2D eigenvalue weighted by Crippen LogP contribution is 2.31. The molecule has 0 atom stereocenters. The number of rotatable bonds is 12. The molecule has 0 aliphatic heterocycles. The number of hydrogen-bond donors (Lipinski definition) is 0. The van der Waals surface area contributed by atoms with E-state index in [0.717, 1.165) is 22.5 Å². The average Bonchev–Trinajstić information content (AvgIpc) is 2.92. The van der Waals surface area contributed by atoms with E-state index in [-0.39, 0.29) is 24.1 Å². The van der Waals surface area contributed by atoms with E-state index in [9.17, 15) is 22.0 Å². The molecule has 39 heavy (non-hydrogen) atoms. The molecule has 3 aromatic rings. The summed E-state index contributed by atoms with van der Waals surface area (Å²) >= 11 is 5.92. The summed E-state index contributed by atoms with van der Waals surface area (Å²) in [5, 5.41) is 0.334. The number of para-hydroxylation sites is 1. The highest BCUT2D eigenvalue weighted by atomic mass is 35.5. The zero-order valence-corrected chi connectivity index (χ0v) is 23.7. The molecular formula is C28H32ClF2N3O4S. The molecule has 0 heterocycles. The topological polar surface area (TPSA) is 70.2 Å². The van der Waals surface area contributed by atoms with E-state index in [1.54, 1.807) is 41.1 Å². The molecular weight excluding hydrogens is 548 g/mol. The number of ether oxygens (including phenoxy) is 1. The van der Waals surface area contributed by atoms with Gasteiger partial charge in [0.1, 0.15) is 17.4 Å². The van der Waals surface area contributed by atoms with Crippen LogP contribution in [-0.4, -0.2) is 57.5 Å². The molecule has 0 saturated heterocycles. The van der Waals surface area contributed by atoms with E-state index in [1.807, 2.05) is 13.8 Å². The predicted molar refractivity (Wildman–Crippen MR) is 149 cm³/mol. The van der Waals surface area contributed by atoms with Crippen LogP contribution in [0.2, 0.25) is 5.02 Å². The molecule has 0 aromatic heterocycles. The summed E-state index contributed by atoms with van der Waals surface area (Å²) in [7, 11) is -2.60. The quantitative estimate of drug-likeness (QED) is 0.240. The highest BCUT2D eigenvalue weighted by Gasteiger charge is 2.29. The summed E-state index contributed by atoms with van der Waals surface area (Å²) in [5.41, 5.74) is 0.0163. The molecule has 11 heteroatoms. The van der Waals surface area contributed by atoms with Gasteiger partial charge in [-0.1, -0.05) is 29.8 Å². The number of nitrogens with zero attached hydrogens (tertiary/aromatic N) is 3. The van der Waals surface area contributed by atoms with Gasteiger partial charge in [0, 0.05) is 43.3 Å². The van der Waals surface area contributed by atoms with E-state index in [4.69, 9.17) is 16.3 Å². The second kappa shape index (κ2) is 13.6. The van der Waals surface area contributed by atoms with E-state index >= 15 is 0 Å². The minimum atomic E-state index is -4.32. The maximum atomic E-state index is 14.9. The standard InChI is InChI=1S/C28H32ClF2N3O4S/c1-4-33(5-2)28(35)32(3)17-8-18-38-27-10-7-6-9-21(27)20-34(26-19-23(30)13-16-25(26)31)39(36,37)24-14-11-22(29)12-15-24/h6-7,9-16,19H,4-5,8,17-18,20H2,1-3H3. The van der Waals surface area contributed by atoms with Crippen LogP contribution in [0.25, 0.3) is 0 Å². The van der Waals surface area contributed by atoms with Crippen LogP contribution in [-0.2, 0) is 16.6 Å². The monoisotopic (exact) mass is 579 g/mol. The average molecular weight is 580 g/mol. The third-order valence-electron chi connectivity index (χ3n) is 6.12. The fraction of sp³-hybridized carbons (Fsp3) is 0.321. The van der Waals surface area contributed by atoms with Gasteiger partial charge in [-0.05, 0) is 62.7 Å². The van der Waals surface area contributed by atoms with Crippen LogP contribution in [0.15, 0.2) is 71.6 Å². The van der Waals surface area contributed by atoms with Gasteiger partial charge in [-0.3, -0.25) is 4.31 Å². The van der Waals surface area contributed by atoms with Crippen LogP contribution >= 0.6 is 11.6 Å². The second-order valence-electron chi connectivity index (χ2n) is 8.75. The van der Waals surface area contributed by atoms with Crippen molar-refractivity contribution >= 4 is 33.3 Å². The van der Waals surface area contributed by atoms with Crippen molar-refractivity contribution in [2.45, 2.75) is 31.7 Å². The summed E-state index contributed by atoms with van der Waals surface area (Å²) < 4.78 is 63.0. The Morgan fingerprint density at radius 3 is 2.31 bits per heavy atom. The van der Waals surface area contributed by atoms with Crippen LogP contribution < -0.4 is 9.04 Å². The summed E-state index contributed by atoms with van der Waals surface area (Å²) in [6.07, 6.45) is 0.531. The van der Waals surface area contributed by atoms with E-state index in [2.05, 4.69) is 0 Å². The number of carbonyl (C=O) groups is 1. The summed E-state index contributed by atoms with van der Waals surface area (Å²) in [6.45, 7) is 5.47. The number of amides is 2. The minimum Gasteiger partial charge on any atom is -0.493 e. The number of urea groups is 1. The Bertz CT molecular complexity index is 1370. The number of anilines is 1. The number of sulfonamides is 1. The maximum Gasteiger partial charge on any atom is 0.319 e. The normalized spacial score (nSPS) is 11.2. The molecule has 0 N–H and O–H groups in total. The van der Waals surface area contributed by atoms with Gasteiger partial charge >= 0.3 is 6.03 Å². The Labute approximate surface area is 233 Å². The van der Waals surface area contributed by atoms with Gasteiger partial charge in [0.15, 0.2) is 0 Å². The minimum absolute atomic E-state index is 0.0689. The van der Waals surface area contributed by atoms with E-state index < -0.39 is 27.3 Å². The lowest BCUT2D eigenvalue weighted by Gasteiger charge is -2.27. The first-order valence-electron chi connectivity index (χ1n) is 12.5. The first-order chi connectivity index (χ1) is 18.6. The molecule has 0 aliphatic carbocycles. The van der Waals surface area contributed by atoms with Crippen molar-refractivity contribution < 1.29 is 26.7 Å². The lowest BCUT2D eigenvalue weighted by atomic mass is 10.2. The van der Waals surface area contributed by atoms with Gasteiger partial charge < -0.3 is 14.5 Å². The lowest BCUT2D eigenvalue weighted by Crippen LogP contribution is -2.41. The summed E-state index contributed by atoms with van der Waals surface area (Å²) in [5.74, 6) is -1.28. The fourth-order valence-corrected chi connectivity index (χ4v) is 5.52. The van der Waals surface area contributed by atoms with Gasteiger partial charge in [0.2, 0.25) is 0 Å². The SMILES string of the molecule is CCN(CC)C(=O)N(C)CCCOc1ccccc1CN(c1cc(F)ccc1F)S(=O)(=O)c1ccc(Cl)cc1. The van der Waals surface area contributed by atoms with Gasteiger partial charge in [-0.15, -0.1) is 0 Å². The van der Waals surface area contributed by atoms with Crippen molar-refractivity contribution in [1.82, 2.24) is 9.80 Å². The molecule has 210 valence electrons. The fourth-order valence-electron chi connectivity index (χ4n) is 3.96. The van der Waals surface area contributed by atoms with Crippen molar-refractivity contribution in [2.24, 2.45) is 0 Å². The van der Waals surface area contributed by atoms with Gasteiger partial charge in [0.25, 0.3) is 10.0 Å². The van der Waals surface area contributed by atoms with Crippen molar-refractivity contribution in [2.75, 3.05) is 37.6 Å². The molecule has 3 rings (SSSR count). The third kappa shape index (κ3) is 7.60. The number of benzene rings is 3. The van der Waals surface area contributed by atoms with Crippen molar-refractivity contribution in [1.29, 1.82) is 0 Å². The molecule has 0 fully saturated rings.